The van der Waals surface area contributed by atoms with Crippen molar-refractivity contribution in [1.82, 2.24) is 14.4 Å². The molecule has 1 aromatic heterocycles. The minimum atomic E-state index is -2.74. The number of anilines is 1. The standard InChI is InChI=1S/C30H37BrN4O.2C6H8O7/c1-22(2)29(31)30(36)35-26-11-6-4-9-23(26)13-14-28(35)25-21-34(27-12-7-5-10-24(25)27)16-8-15-33-19-17-32(3)18-20-33;2*7-3(8)1-6(13,5(11)12)2-4(9)10/h4-7,9-14,21-22,28-29H,8,15-20H2,1-3H3;2*13H,1-2H2,(H,7,8)(H,9,10)(H,11,12). The number of para-hydroxylation sites is 2. The number of amides is 1. The van der Waals surface area contributed by atoms with Crippen LogP contribution in [0.3, 0.4) is 0 Å². The first-order chi connectivity index (χ1) is 29.0. The second-order valence-electron chi connectivity index (χ2n) is 15.5. The number of carboxylic acid groups (broad SMARTS) is 6. The number of alkyl halides is 1. The maximum absolute atomic E-state index is 13.8. The number of aromatic nitrogens is 1. The second kappa shape index (κ2) is 22.4. The molecule has 0 bridgehead atoms. The second-order valence-corrected chi connectivity index (χ2v) is 16.5. The van der Waals surface area contributed by atoms with Crippen LogP contribution in [0.5, 0.6) is 0 Å². The maximum Gasteiger partial charge on any atom is 0.336 e. The Bertz CT molecular complexity index is 2040. The molecule has 2 aliphatic rings. The molecule has 62 heavy (non-hydrogen) atoms. The SMILES string of the molecule is CC(C)C(Br)C(=O)N1c2ccccc2C=CC1c1cn(CCCN2CCN(C)CC2)c2ccccc12.O=C(O)CC(O)(CC(=O)O)C(=O)O.O=C(O)CC(O)(CC(=O)O)C(=O)O. The van der Waals surface area contributed by atoms with Crippen LogP contribution in [-0.2, 0) is 40.1 Å². The van der Waals surface area contributed by atoms with Crippen molar-refractivity contribution in [2.75, 3.05) is 44.7 Å². The van der Waals surface area contributed by atoms with Crippen LogP contribution >= 0.6 is 15.9 Å². The molecule has 1 fully saturated rings. The average molecular weight is 934 g/mol. The highest BCUT2D eigenvalue weighted by atomic mass is 79.9. The van der Waals surface area contributed by atoms with Crippen LogP contribution in [0.2, 0.25) is 0 Å². The van der Waals surface area contributed by atoms with Gasteiger partial charge in [-0.25, -0.2) is 9.59 Å². The topological polar surface area (TPSA) is 296 Å². The van der Waals surface area contributed by atoms with Crippen molar-refractivity contribution in [3.05, 3.63) is 71.9 Å². The summed E-state index contributed by atoms with van der Waals surface area (Å²) in [6.07, 6.45) is 3.19. The van der Waals surface area contributed by atoms with Gasteiger partial charge in [-0.2, -0.15) is 0 Å². The van der Waals surface area contributed by atoms with Gasteiger partial charge in [-0.1, -0.05) is 78.3 Å². The van der Waals surface area contributed by atoms with E-state index in [2.05, 4.69) is 106 Å². The van der Waals surface area contributed by atoms with Gasteiger partial charge >= 0.3 is 35.8 Å². The largest absolute Gasteiger partial charge is 0.481 e. The zero-order valence-electron chi connectivity index (χ0n) is 34.5. The smallest absolute Gasteiger partial charge is 0.336 e. The van der Waals surface area contributed by atoms with E-state index in [1.807, 2.05) is 17.0 Å². The fourth-order valence-corrected chi connectivity index (χ4v) is 7.08. The summed E-state index contributed by atoms with van der Waals surface area (Å²) in [6.45, 7) is 10.9. The molecule has 3 heterocycles. The molecule has 0 radical (unpaired) electrons. The van der Waals surface area contributed by atoms with Crippen LogP contribution in [0.25, 0.3) is 17.0 Å². The van der Waals surface area contributed by atoms with Crippen LogP contribution in [-0.4, -0.2) is 153 Å². The Morgan fingerprint density at radius 1 is 0.710 bits per heavy atom. The number of rotatable bonds is 17. The van der Waals surface area contributed by atoms with E-state index in [9.17, 15) is 33.6 Å². The molecule has 338 valence electrons. The van der Waals surface area contributed by atoms with Crippen molar-refractivity contribution in [1.29, 1.82) is 0 Å². The molecule has 2 aromatic carbocycles. The van der Waals surface area contributed by atoms with Crippen LogP contribution in [0.4, 0.5) is 5.69 Å². The van der Waals surface area contributed by atoms with Gasteiger partial charge in [-0.15, -0.1) is 0 Å². The zero-order chi connectivity index (χ0) is 46.5. The number of benzene rings is 2. The summed E-state index contributed by atoms with van der Waals surface area (Å²) < 4.78 is 2.39. The molecule has 2 unspecified atom stereocenters. The highest BCUT2D eigenvalue weighted by molar-refractivity contribution is 9.10. The Kier molecular flexibility index (Phi) is 18.3. The molecule has 2 atom stereocenters. The maximum atomic E-state index is 13.8. The first-order valence-corrected chi connectivity index (χ1v) is 20.4. The summed E-state index contributed by atoms with van der Waals surface area (Å²) in [5.74, 6) is -9.73. The lowest BCUT2D eigenvalue weighted by Gasteiger charge is -2.36. The number of hydrogen-bond acceptors (Lipinski definition) is 11. The van der Waals surface area contributed by atoms with Gasteiger partial charge in [0.1, 0.15) is 0 Å². The lowest BCUT2D eigenvalue weighted by atomic mass is 9.95. The molecule has 2 aliphatic heterocycles. The van der Waals surface area contributed by atoms with Crippen molar-refractivity contribution < 1.29 is 74.4 Å². The predicted octanol–water partition coefficient (Wildman–Crippen LogP) is 3.30. The van der Waals surface area contributed by atoms with Gasteiger partial charge in [0.25, 0.3) is 0 Å². The van der Waals surface area contributed by atoms with Crippen molar-refractivity contribution in [3.63, 3.8) is 0 Å². The lowest BCUT2D eigenvalue weighted by Crippen LogP contribution is -2.44. The van der Waals surface area contributed by atoms with Gasteiger partial charge in [0.15, 0.2) is 11.2 Å². The molecule has 8 N–H and O–H groups in total. The normalized spacial score (nSPS) is 16.0. The van der Waals surface area contributed by atoms with Crippen molar-refractivity contribution in [3.8, 4) is 0 Å². The van der Waals surface area contributed by atoms with Gasteiger partial charge in [-0.05, 0) is 43.6 Å². The average Bonchev–Trinajstić information content (AvgIpc) is 3.55. The summed E-state index contributed by atoms with van der Waals surface area (Å²) in [6, 6.07) is 16.7. The van der Waals surface area contributed by atoms with E-state index in [-0.39, 0.29) is 22.7 Å². The molecular formula is C42H53BrN4O15. The number of carbonyl (C=O) groups excluding carboxylic acids is 1. The van der Waals surface area contributed by atoms with Gasteiger partial charge in [0, 0.05) is 55.4 Å². The number of hydrogen-bond donors (Lipinski definition) is 8. The Hall–Kier alpha value is -5.67. The van der Waals surface area contributed by atoms with Crippen LogP contribution in [0, 0.1) is 5.92 Å². The molecule has 5 rings (SSSR count). The van der Waals surface area contributed by atoms with Crippen molar-refractivity contribution in [2.45, 2.75) is 74.6 Å². The van der Waals surface area contributed by atoms with Crippen LogP contribution in [0.15, 0.2) is 60.8 Å². The number of carboxylic acids is 6. The summed E-state index contributed by atoms with van der Waals surface area (Å²) in [7, 11) is 2.20. The number of aliphatic hydroxyl groups is 2. The third-order valence-electron chi connectivity index (χ3n) is 10.2. The Morgan fingerprint density at radius 3 is 1.68 bits per heavy atom. The fraction of sp³-hybridized carbons (Fsp3) is 0.452. The van der Waals surface area contributed by atoms with Gasteiger partial charge < -0.3 is 55.2 Å². The van der Waals surface area contributed by atoms with E-state index in [0.717, 1.165) is 56.9 Å². The zero-order valence-corrected chi connectivity index (χ0v) is 36.0. The summed E-state index contributed by atoms with van der Waals surface area (Å²) in [4.78, 5) is 81.5. The van der Waals surface area contributed by atoms with Gasteiger partial charge in [0.2, 0.25) is 5.91 Å². The molecule has 1 amide bonds. The summed E-state index contributed by atoms with van der Waals surface area (Å²) >= 11 is 3.70. The molecule has 19 nitrogen and oxygen atoms in total. The number of nitrogens with zero attached hydrogens (tertiary/aromatic N) is 4. The number of halogens is 1. The van der Waals surface area contributed by atoms with Gasteiger partial charge in [0.05, 0.1) is 42.2 Å². The minimum absolute atomic E-state index is 0.110. The molecule has 0 saturated carbocycles. The summed E-state index contributed by atoms with van der Waals surface area (Å²) in [5.41, 5.74) is -0.985. The highest BCUT2D eigenvalue weighted by Gasteiger charge is 2.42. The Balaban J connectivity index is 0.000000325. The predicted molar refractivity (Wildman–Crippen MR) is 228 cm³/mol. The number of likely N-dealkylation sites (N-methyl/N-ethyl adjacent to an activating group) is 1. The molecule has 20 heteroatoms. The highest BCUT2D eigenvalue weighted by Crippen LogP contribution is 2.41. The van der Waals surface area contributed by atoms with E-state index in [4.69, 9.17) is 40.9 Å². The van der Waals surface area contributed by atoms with Crippen LogP contribution < -0.4 is 4.90 Å². The fourth-order valence-electron chi connectivity index (χ4n) is 6.86. The van der Waals surface area contributed by atoms with E-state index < -0.39 is 72.7 Å². The van der Waals surface area contributed by atoms with Crippen molar-refractivity contribution >= 4 is 80.3 Å². The molecule has 0 aliphatic carbocycles. The molecule has 3 aromatic rings. The Labute approximate surface area is 365 Å². The van der Waals surface area contributed by atoms with E-state index in [1.54, 1.807) is 0 Å². The first-order valence-electron chi connectivity index (χ1n) is 19.5. The van der Waals surface area contributed by atoms with Crippen LogP contribution in [0.1, 0.15) is 63.1 Å². The third kappa shape index (κ3) is 13.9. The number of piperazine rings is 1. The minimum Gasteiger partial charge on any atom is -0.481 e. The monoisotopic (exact) mass is 932 g/mol. The third-order valence-corrected chi connectivity index (χ3v) is 11.6. The number of aryl methyl sites for hydroxylation is 1. The molecular weight excluding hydrogens is 880 g/mol. The van der Waals surface area contributed by atoms with E-state index in [1.165, 1.54) is 16.5 Å². The molecule has 0 spiro atoms. The first kappa shape index (κ1) is 50.7. The number of aliphatic carboxylic acids is 6. The number of fused-ring (bicyclic) bond motifs is 2. The quantitative estimate of drug-likeness (QED) is 0.0901. The van der Waals surface area contributed by atoms with Gasteiger partial charge in [-0.3, -0.25) is 28.9 Å². The molecule has 1 saturated heterocycles. The van der Waals surface area contributed by atoms with E-state index in [0.29, 0.717) is 0 Å². The summed E-state index contributed by atoms with van der Waals surface area (Å²) in [5, 5.41) is 68.8. The Morgan fingerprint density at radius 2 is 1.19 bits per heavy atom. The lowest BCUT2D eigenvalue weighted by molar-refractivity contribution is -0.170. The van der Waals surface area contributed by atoms with E-state index >= 15 is 0 Å². The number of carbonyl (C=O) groups is 7. The van der Waals surface area contributed by atoms with Crippen molar-refractivity contribution in [2.24, 2.45) is 5.92 Å².